The van der Waals surface area contributed by atoms with Gasteiger partial charge in [0.25, 0.3) is 0 Å². The van der Waals surface area contributed by atoms with Crippen LogP contribution in [0.15, 0.2) is 0 Å². The molecule has 0 heterocycles. The van der Waals surface area contributed by atoms with E-state index in [4.69, 9.17) is 12.6 Å². The maximum absolute atomic E-state index is 4.81. The van der Waals surface area contributed by atoms with E-state index in [-0.39, 0.29) is 0 Å². The first-order valence-electron chi connectivity index (χ1n) is 6.95. The molecular formula is C14H29NS. The van der Waals surface area contributed by atoms with Gasteiger partial charge < -0.3 is 5.32 Å². The molecule has 1 N–H and O–H groups in total. The van der Waals surface area contributed by atoms with Crippen LogP contribution in [0.25, 0.3) is 0 Å². The minimum atomic E-state index is 0.523. The maximum atomic E-state index is 4.81. The third-order valence-electron chi connectivity index (χ3n) is 4.50. The van der Waals surface area contributed by atoms with Crippen LogP contribution in [-0.4, -0.2) is 18.3 Å². The van der Waals surface area contributed by atoms with Crippen molar-refractivity contribution in [1.29, 1.82) is 0 Å². The zero-order valence-electron chi connectivity index (χ0n) is 11.4. The fourth-order valence-electron chi connectivity index (χ4n) is 3.19. The van der Waals surface area contributed by atoms with Crippen LogP contribution in [-0.2, 0) is 0 Å². The van der Waals surface area contributed by atoms with Crippen molar-refractivity contribution >= 4 is 12.6 Å². The Morgan fingerprint density at radius 1 is 1.38 bits per heavy atom. The fraction of sp³-hybridized carbons (Fsp3) is 1.00. The number of thiol groups is 1. The summed E-state index contributed by atoms with van der Waals surface area (Å²) < 4.78 is 0. The summed E-state index contributed by atoms with van der Waals surface area (Å²) in [5.74, 6) is 2.69. The average Bonchev–Trinajstić information content (AvgIpc) is 2.30. The Balaban J connectivity index is 2.44. The van der Waals surface area contributed by atoms with Gasteiger partial charge >= 0.3 is 0 Å². The summed E-state index contributed by atoms with van der Waals surface area (Å²) in [5, 5.41) is 3.86. The third kappa shape index (κ3) is 3.66. The molecule has 96 valence electrons. The third-order valence-corrected chi connectivity index (χ3v) is 5.37. The van der Waals surface area contributed by atoms with Crippen LogP contribution in [0.2, 0.25) is 0 Å². The summed E-state index contributed by atoms with van der Waals surface area (Å²) in [6.45, 7) is 7.00. The molecule has 1 saturated carbocycles. The smallest absolute Gasteiger partial charge is 0.0196 e. The van der Waals surface area contributed by atoms with Crippen molar-refractivity contribution in [2.75, 3.05) is 7.05 Å². The lowest BCUT2D eigenvalue weighted by atomic mass is 9.71. The maximum Gasteiger partial charge on any atom is 0.0196 e. The number of hydrogen-bond donors (Lipinski definition) is 2. The van der Waals surface area contributed by atoms with E-state index in [1.807, 2.05) is 7.05 Å². The van der Waals surface area contributed by atoms with Gasteiger partial charge in [0, 0.05) is 11.3 Å². The van der Waals surface area contributed by atoms with E-state index in [2.05, 4.69) is 26.1 Å². The van der Waals surface area contributed by atoms with Crippen LogP contribution in [0, 0.1) is 17.8 Å². The normalized spacial score (nSPS) is 34.7. The Bertz CT molecular complexity index is 195. The molecule has 0 radical (unpaired) electrons. The molecule has 0 spiro atoms. The number of rotatable bonds is 5. The van der Waals surface area contributed by atoms with Gasteiger partial charge in [-0.1, -0.05) is 26.7 Å². The summed E-state index contributed by atoms with van der Waals surface area (Å²) >= 11 is 4.81. The van der Waals surface area contributed by atoms with Gasteiger partial charge in [0.2, 0.25) is 0 Å². The molecule has 0 aromatic rings. The summed E-state index contributed by atoms with van der Waals surface area (Å²) in [6, 6.07) is 0.531. The van der Waals surface area contributed by atoms with Crippen LogP contribution in [0.4, 0.5) is 0 Å². The molecule has 1 rings (SSSR count). The second-order valence-electron chi connectivity index (χ2n) is 5.67. The monoisotopic (exact) mass is 243 g/mol. The molecule has 16 heavy (non-hydrogen) atoms. The lowest BCUT2D eigenvalue weighted by molar-refractivity contribution is 0.174. The second-order valence-corrected chi connectivity index (χ2v) is 6.26. The van der Waals surface area contributed by atoms with E-state index in [1.165, 1.54) is 32.1 Å². The van der Waals surface area contributed by atoms with Crippen molar-refractivity contribution in [3.63, 3.8) is 0 Å². The van der Waals surface area contributed by atoms with Gasteiger partial charge in [-0.3, -0.25) is 0 Å². The van der Waals surface area contributed by atoms with Crippen molar-refractivity contribution in [3.05, 3.63) is 0 Å². The van der Waals surface area contributed by atoms with Gasteiger partial charge in [-0.2, -0.15) is 12.6 Å². The molecule has 5 unspecified atom stereocenters. The van der Waals surface area contributed by atoms with Crippen molar-refractivity contribution in [2.45, 2.75) is 64.2 Å². The molecule has 5 atom stereocenters. The van der Waals surface area contributed by atoms with Gasteiger partial charge in [-0.15, -0.1) is 0 Å². The molecule has 1 fully saturated rings. The topological polar surface area (TPSA) is 12.0 Å². The van der Waals surface area contributed by atoms with Gasteiger partial charge in [0.1, 0.15) is 0 Å². The van der Waals surface area contributed by atoms with Gasteiger partial charge in [0.05, 0.1) is 0 Å². The van der Waals surface area contributed by atoms with E-state index in [0.717, 1.165) is 17.8 Å². The molecule has 0 aliphatic heterocycles. The number of hydrogen-bond acceptors (Lipinski definition) is 2. The Labute approximate surface area is 107 Å². The highest BCUT2D eigenvalue weighted by Gasteiger charge is 2.31. The van der Waals surface area contributed by atoms with Crippen molar-refractivity contribution in [2.24, 2.45) is 17.8 Å². The molecule has 1 nitrogen and oxygen atoms in total. The lowest BCUT2D eigenvalue weighted by Gasteiger charge is -2.38. The predicted octanol–water partition coefficient (Wildman–Crippen LogP) is 3.75. The van der Waals surface area contributed by atoms with Crippen LogP contribution in [0.3, 0.4) is 0 Å². The summed E-state index contributed by atoms with van der Waals surface area (Å²) in [5.41, 5.74) is 0. The van der Waals surface area contributed by atoms with E-state index < -0.39 is 0 Å². The first kappa shape index (κ1) is 14.4. The Morgan fingerprint density at radius 2 is 2.06 bits per heavy atom. The highest BCUT2D eigenvalue weighted by Crippen LogP contribution is 2.39. The molecule has 0 bridgehead atoms. The zero-order valence-corrected chi connectivity index (χ0v) is 12.3. The van der Waals surface area contributed by atoms with Crippen LogP contribution < -0.4 is 5.32 Å². The minimum Gasteiger partial charge on any atom is -0.316 e. The molecule has 1 aliphatic carbocycles. The van der Waals surface area contributed by atoms with E-state index >= 15 is 0 Å². The standard InChI is InChI=1S/C14H29NS/c1-5-6-12-7-8-13(9-10(12)2)14(16)11(3)15-4/h10-16H,5-9H2,1-4H3. The predicted molar refractivity (Wildman–Crippen MR) is 76.2 cm³/mol. The molecule has 1 aliphatic rings. The number of nitrogens with one attached hydrogen (secondary N) is 1. The fourth-order valence-corrected chi connectivity index (χ4v) is 3.61. The first-order valence-corrected chi connectivity index (χ1v) is 7.47. The van der Waals surface area contributed by atoms with Crippen LogP contribution in [0.5, 0.6) is 0 Å². The Morgan fingerprint density at radius 3 is 2.56 bits per heavy atom. The highest BCUT2D eigenvalue weighted by atomic mass is 32.1. The Hall–Kier alpha value is 0.310. The first-order chi connectivity index (χ1) is 7.60. The van der Waals surface area contributed by atoms with Crippen molar-refractivity contribution in [3.8, 4) is 0 Å². The van der Waals surface area contributed by atoms with Gasteiger partial charge in [-0.25, -0.2) is 0 Å². The molecule has 0 aromatic carbocycles. The zero-order chi connectivity index (χ0) is 12.1. The summed E-state index contributed by atoms with van der Waals surface area (Å²) in [6.07, 6.45) is 6.96. The highest BCUT2D eigenvalue weighted by molar-refractivity contribution is 7.81. The Kier molecular flexibility index (Phi) is 6.20. The van der Waals surface area contributed by atoms with Crippen LogP contribution >= 0.6 is 12.6 Å². The van der Waals surface area contributed by atoms with E-state index in [0.29, 0.717) is 11.3 Å². The molecule has 2 heteroatoms. The lowest BCUT2D eigenvalue weighted by Crippen LogP contribution is -2.39. The SMILES string of the molecule is CCCC1CCC(C(S)C(C)NC)CC1C. The van der Waals surface area contributed by atoms with Gasteiger partial charge in [0.15, 0.2) is 0 Å². The molecule has 0 saturated heterocycles. The van der Waals surface area contributed by atoms with E-state index in [9.17, 15) is 0 Å². The summed E-state index contributed by atoms with van der Waals surface area (Å²) in [7, 11) is 2.04. The summed E-state index contributed by atoms with van der Waals surface area (Å²) in [4.78, 5) is 0. The minimum absolute atomic E-state index is 0.523. The van der Waals surface area contributed by atoms with Crippen molar-refractivity contribution < 1.29 is 0 Å². The molecule has 0 aromatic heterocycles. The molecular weight excluding hydrogens is 214 g/mol. The van der Waals surface area contributed by atoms with Crippen LogP contribution in [0.1, 0.15) is 52.9 Å². The van der Waals surface area contributed by atoms with E-state index in [1.54, 1.807) is 0 Å². The molecule has 0 amide bonds. The van der Waals surface area contributed by atoms with Crippen molar-refractivity contribution in [1.82, 2.24) is 5.32 Å². The van der Waals surface area contributed by atoms with Gasteiger partial charge in [-0.05, 0) is 51.0 Å². The largest absolute Gasteiger partial charge is 0.316 e. The quantitative estimate of drug-likeness (QED) is 0.701. The second kappa shape index (κ2) is 6.90. The average molecular weight is 243 g/mol.